The largest absolute Gasteiger partial charge is 0.496 e. The summed E-state index contributed by atoms with van der Waals surface area (Å²) in [6.45, 7) is 4.85. The van der Waals surface area contributed by atoms with Gasteiger partial charge in [0.25, 0.3) is 0 Å². The predicted octanol–water partition coefficient (Wildman–Crippen LogP) is 6.84. The van der Waals surface area contributed by atoms with Gasteiger partial charge in [-0.1, -0.05) is 12.1 Å². The van der Waals surface area contributed by atoms with Crippen LogP contribution in [0.15, 0.2) is 47.4 Å². The fourth-order valence-corrected chi connectivity index (χ4v) is 7.07. The van der Waals surface area contributed by atoms with Gasteiger partial charge in [-0.3, -0.25) is 4.21 Å². The average Bonchev–Trinajstić information content (AvgIpc) is 3.48. The molecule has 36 heavy (non-hydrogen) atoms. The monoisotopic (exact) mass is 522 g/mol. The highest BCUT2D eigenvalue weighted by atomic mass is 32.2. The van der Waals surface area contributed by atoms with E-state index in [2.05, 4.69) is 56.3 Å². The Balaban J connectivity index is 1.43. The van der Waals surface area contributed by atoms with Crippen LogP contribution in [-0.2, 0) is 23.6 Å². The number of thioether (sulfide) groups is 1. The second kappa shape index (κ2) is 10.9. The van der Waals surface area contributed by atoms with Gasteiger partial charge in [0.15, 0.2) is 0 Å². The Kier molecular flexibility index (Phi) is 7.63. The molecule has 0 N–H and O–H groups in total. The van der Waals surface area contributed by atoms with Gasteiger partial charge in [-0.25, -0.2) is 0 Å². The number of hydrogen-bond acceptors (Lipinski definition) is 5. The Labute approximate surface area is 221 Å². The molecule has 2 atom stereocenters. The zero-order chi connectivity index (χ0) is 25.2. The third-order valence-electron chi connectivity index (χ3n) is 7.08. The van der Waals surface area contributed by atoms with Crippen molar-refractivity contribution in [3.05, 3.63) is 70.3 Å². The topological polar surface area (TPSA) is 44.8 Å². The Morgan fingerprint density at radius 1 is 1.00 bits per heavy atom. The van der Waals surface area contributed by atoms with Crippen molar-refractivity contribution in [2.45, 2.75) is 50.5 Å². The zero-order valence-corrected chi connectivity index (χ0v) is 23.2. The van der Waals surface area contributed by atoms with Crippen LogP contribution in [-0.4, -0.2) is 35.7 Å². The van der Waals surface area contributed by atoms with Crippen LogP contribution < -0.4 is 14.2 Å². The van der Waals surface area contributed by atoms with Crippen molar-refractivity contribution in [1.29, 1.82) is 0 Å². The van der Waals surface area contributed by atoms with Gasteiger partial charge in [0.2, 0.25) is 0 Å². The van der Waals surface area contributed by atoms with Crippen LogP contribution in [0.1, 0.15) is 46.8 Å². The van der Waals surface area contributed by atoms with Crippen molar-refractivity contribution in [3.63, 3.8) is 0 Å². The lowest BCUT2D eigenvalue weighted by Gasteiger charge is -2.21. The van der Waals surface area contributed by atoms with E-state index < -0.39 is 10.8 Å². The van der Waals surface area contributed by atoms with E-state index in [4.69, 9.17) is 14.2 Å². The summed E-state index contributed by atoms with van der Waals surface area (Å²) in [4.78, 5) is 1.36. The summed E-state index contributed by atoms with van der Waals surface area (Å²) < 4.78 is 29.7. The van der Waals surface area contributed by atoms with Gasteiger partial charge in [0.1, 0.15) is 23.4 Å². The number of ether oxygens (including phenoxy) is 3. The average molecular weight is 523 g/mol. The molecule has 0 spiro atoms. The van der Waals surface area contributed by atoms with E-state index in [9.17, 15) is 4.21 Å². The molecule has 190 valence electrons. The van der Waals surface area contributed by atoms with Crippen LogP contribution in [0.5, 0.6) is 17.2 Å². The molecule has 1 heterocycles. The molecule has 0 fully saturated rings. The highest BCUT2D eigenvalue weighted by molar-refractivity contribution is 7.99. The maximum atomic E-state index is 11.3. The number of benzene rings is 3. The molecule has 2 unspecified atom stereocenters. The molecule has 0 radical (unpaired) electrons. The number of rotatable bonds is 9. The summed E-state index contributed by atoms with van der Waals surface area (Å²) in [7, 11) is 0.960. The van der Waals surface area contributed by atoms with Gasteiger partial charge in [-0.2, -0.15) is 0 Å². The van der Waals surface area contributed by atoms with E-state index in [1.807, 2.05) is 11.8 Å². The lowest BCUT2D eigenvalue weighted by molar-refractivity contribution is 0.207. The molecule has 0 saturated carbocycles. The van der Waals surface area contributed by atoms with Gasteiger partial charge in [0, 0.05) is 39.0 Å². The molecule has 1 aliphatic heterocycles. The van der Waals surface area contributed by atoms with Crippen LogP contribution in [0, 0.1) is 13.8 Å². The van der Waals surface area contributed by atoms with E-state index in [1.165, 1.54) is 32.7 Å². The van der Waals surface area contributed by atoms with Gasteiger partial charge < -0.3 is 14.2 Å². The molecule has 0 bridgehead atoms. The highest BCUT2D eigenvalue weighted by Crippen LogP contribution is 2.47. The molecule has 6 heteroatoms. The van der Waals surface area contributed by atoms with Crippen molar-refractivity contribution in [3.8, 4) is 28.4 Å². The van der Waals surface area contributed by atoms with Crippen molar-refractivity contribution in [1.82, 2.24) is 0 Å². The minimum absolute atomic E-state index is 0.0430. The molecule has 3 aromatic carbocycles. The van der Waals surface area contributed by atoms with E-state index in [0.717, 1.165) is 59.8 Å². The Bertz CT molecular complexity index is 1280. The van der Waals surface area contributed by atoms with Gasteiger partial charge in [-0.05, 0) is 103 Å². The number of fused-ring (bicyclic) bond motifs is 2. The molecule has 2 aliphatic rings. The normalized spacial score (nSPS) is 16.9. The molecule has 0 amide bonds. The molecule has 3 aromatic rings. The molecule has 0 saturated heterocycles. The van der Waals surface area contributed by atoms with E-state index in [-0.39, 0.29) is 6.10 Å². The molecular weight excluding hydrogens is 488 g/mol. The second-order valence-electron chi connectivity index (χ2n) is 9.64. The first-order valence-corrected chi connectivity index (χ1v) is 15.3. The third-order valence-corrected chi connectivity index (χ3v) is 9.04. The van der Waals surface area contributed by atoms with Gasteiger partial charge >= 0.3 is 0 Å². The van der Waals surface area contributed by atoms with Crippen molar-refractivity contribution >= 4 is 22.6 Å². The maximum absolute atomic E-state index is 11.3. The fraction of sp³-hybridized carbons (Fsp3) is 0.400. The lowest BCUT2D eigenvalue weighted by Crippen LogP contribution is -2.05. The number of methoxy groups -OCH3 is 1. The Morgan fingerprint density at radius 2 is 1.81 bits per heavy atom. The predicted molar refractivity (Wildman–Crippen MR) is 150 cm³/mol. The smallest absolute Gasteiger partial charge is 0.127 e. The van der Waals surface area contributed by atoms with E-state index in [1.54, 1.807) is 13.4 Å². The first-order valence-electron chi connectivity index (χ1n) is 12.6. The summed E-state index contributed by atoms with van der Waals surface area (Å²) in [5.74, 6) is 4.54. The molecule has 1 aliphatic carbocycles. The van der Waals surface area contributed by atoms with Crippen molar-refractivity contribution < 1.29 is 18.4 Å². The van der Waals surface area contributed by atoms with Gasteiger partial charge in [-0.15, -0.1) is 11.8 Å². The molecule has 4 nitrogen and oxygen atoms in total. The first-order chi connectivity index (χ1) is 17.4. The zero-order valence-electron chi connectivity index (χ0n) is 21.5. The standard InChI is InChI=1S/C30H34O4S2/c1-19-16-23(33-13-5-15-36(4)31)17-20(2)29(19)30-25-9-10-26(24(25)8-11-27(30)32-3)34-22-7-6-21-12-14-35-28(21)18-22/h6-8,11,16-18,26H,5,9-10,12-15H2,1-4H3. The molecule has 0 aromatic heterocycles. The van der Waals surface area contributed by atoms with E-state index >= 15 is 0 Å². The lowest BCUT2D eigenvalue weighted by atomic mass is 9.89. The Hall–Kier alpha value is -2.44. The van der Waals surface area contributed by atoms with Crippen LogP contribution in [0.2, 0.25) is 0 Å². The highest BCUT2D eigenvalue weighted by Gasteiger charge is 2.30. The van der Waals surface area contributed by atoms with Crippen LogP contribution in [0.25, 0.3) is 11.1 Å². The summed E-state index contributed by atoms with van der Waals surface area (Å²) in [6, 6.07) is 15.0. The number of hydrogen-bond donors (Lipinski definition) is 0. The maximum Gasteiger partial charge on any atom is 0.127 e. The molecule has 5 rings (SSSR count). The minimum atomic E-state index is -0.786. The van der Waals surface area contributed by atoms with Crippen molar-refractivity contribution in [2.75, 3.05) is 31.5 Å². The fourth-order valence-electron chi connectivity index (χ4n) is 5.45. The minimum Gasteiger partial charge on any atom is -0.496 e. The summed E-state index contributed by atoms with van der Waals surface area (Å²) in [6.07, 6.45) is 5.62. The molecular formula is C30H34O4S2. The SMILES string of the molecule is COc1ccc2c(c1-c1c(C)cc(OCCCS(C)=O)cc1C)CCC2Oc1ccc2c(c1)SCC2. The van der Waals surface area contributed by atoms with E-state index in [0.29, 0.717) is 12.4 Å². The summed E-state index contributed by atoms with van der Waals surface area (Å²) >= 11 is 1.92. The van der Waals surface area contributed by atoms with Crippen LogP contribution >= 0.6 is 11.8 Å². The second-order valence-corrected chi connectivity index (χ2v) is 12.3. The first kappa shape index (κ1) is 25.2. The summed E-state index contributed by atoms with van der Waals surface area (Å²) in [5.41, 5.74) is 8.72. The quantitative estimate of drug-likeness (QED) is 0.288. The van der Waals surface area contributed by atoms with Crippen LogP contribution in [0.4, 0.5) is 0 Å². The third kappa shape index (κ3) is 5.16. The summed E-state index contributed by atoms with van der Waals surface area (Å²) in [5, 5.41) is 0. The Morgan fingerprint density at radius 3 is 2.56 bits per heavy atom. The van der Waals surface area contributed by atoms with Gasteiger partial charge in [0.05, 0.1) is 13.7 Å². The van der Waals surface area contributed by atoms with Crippen LogP contribution in [0.3, 0.4) is 0 Å². The van der Waals surface area contributed by atoms with Crippen molar-refractivity contribution in [2.24, 2.45) is 0 Å². The number of aryl methyl sites for hydroxylation is 3.